The Morgan fingerprint density at radius 1 is 1.05 bits per heavy atom. The van der Waals surface area contributed by atoms with Crippen molar-refractivity contribution in [3.8, 4) is 5.75 Å². The predicted molar refractivity (Wildman–Crippen MR) is 79.5 cm³/mol. The van der Waals surface area contributed by atoms with E-state index in [9.17, 15) is 0 Å². The molecule has 0 fully saturated rings. The van der Waals surface area contributed by atoms with Gasteiger partial charge in [0, 0.05) is 11.6 Å². The molecule has 100 valence electrons. The summed E-state index contributed by atoms with van der Waals surface area (Å²) in [7, 11) is 0. The average Bonchev–Trinajstić information content (AvgIpc) is 2.46. The summed E-state index contributed by atoms with van der Waals surface area (Å²) in [5, 5.41) is 0.789. The normalized spacial score (nSPS) is 10.5. The van der Waals surface area contributed by atoms with E-state index in [0.717, 1.165) is 33.9 Å². The molecular formula is C16H18ClNO. The highest BCUT2D eigenvalue weighted by Gasteiger charge is 2.03. The molecule has 0 heterocycles. The minimum absolute atomic E-state index is 0.526. The van der Waals surface area contributed by atoms with Crippen molar-refractivity contribution in [3.05, 3.63) is 64.2 Å². The zero-order valence-corrected chi connectivity index (χ0v) is 11.8. The van der Waals surface area contributed by atoms with Crippen LogP contribution in [-0.2, 0) is 19.6 Å². The van der Waals surface area contributed by atoms with Crippen molar-refractivity contribution < 1.29 is 4.74 Å². The first-order chi connectivity index (χ1) is 9.24. The Balaban J connectivity index is 2.10. The number of rotatable bonds is 5. The molecule has 0 radical (unpaired) electrons. The Labute approximate surface area is 119 Å². The smallest absolute Gasteiger partial charge is 0.120 e. The second-order valence-corrected chi connectivity index (χ2v) is 4.78. The van der Waals surface area contributed by atoms with Crippen LogP contribution in [0.2, 0.25) is 5.02 Å². The van der Waals surface area contributed by atoms with Gasteiger partial charge in [-0.2, -0.15) is 0 Å². The van der Waals surface area contributed by atoms with E-state index < -0.39 is 0 Å². The molecule has 2 aromatic carbocycles. The van der Waals surface area contributed by atoms with Crippen LogP contribution in [0.25, 0.3) is 0 Å². The Kier molecular flexibility index (Phi) is 4.83. The van der Waals surface area contributed by atoms with Crippen LogP contribution in [0, 0.1) is 0 Å². The number of nitrogens with two attached hydrogens (primary N) is 1. The second kappa shape index (κ2) is 6.60. The number of hydrogen-bond acceptors (Lipinski definition) is 2. The molecule has 0 aliphatic rings. The van der Waals surface area contributed by atoms with Gasteiger partial charge in [-0.3, -0.25) is 0 Å². The quantitative estimate of drug-likeness (QED) is 0.897. The molecule has 2 aromatic rings. The van der Waals surface area contributed by atoms with E-state index in [1.165, 1.54) is 0 Å². The monoisotopic (exact) mass is 275 g/mol. The molecule has 2 rings (SSSR count). The third kappa shape index (κ3) is 3.49. The van der Waals surface area contributed by atoms with Crippen molar-refractivity contribution in [2.45, 2.75) is 26.5 Å². The number of ether oxygens (including phenoxy) is 1. The van der Waals surface area contributed by atoms with Crippen molar-refractivity contribution in [2.75, 3.05) is 0 Å². The molecule has 0 aromatic heterocycles. The fourth-order valence-electron chi connectivity index (χ4n) is 1.97. The summed E-state index contributed by atoms with van der Waals surface area (Å²) in [5.41, 5.74) is 9.06. The Morgan fingerprint density at radius 2 is 1.79 bits per heavy atom. The van der Waals surface area contributed by atoms with Crippen molar-refractivity contribution >= 4 is 11.6 Å². The molecule has 0 saturated carbocycles. The first-order valence-electron chi connectivity index (χ1n) is 6.42. The van der Waals surface area contributed by atoms with Crippen LogP contribution >= 0.6 is 11.6 Å². The highest BCUT2D eigenvalue weighted by Crippen LogP contribution is 2.23. The number of hydrogen-bond donors (Lipinski definition) is 1. The van der Waals surface area contributed by atoms with Gasteiger partial charge in [-0.05, 0) is 41.3 Å². The van der Waals surface area contributed by atoms with Gasteiger partial charge in [-0.1, -0.05) is 42.8 Å². The fourth-order valence-corrected chi connectivity index (χ4v) is 2.22. The highest BCUT2D eigenvalue weighted by molar-refractivity contribution is 6.31. The predicted octanol–water partition coefficient (Wildman–Crippen LogP) is 3.94. The molecule has 3 heteroatoms. The molecule has 0 atom stereocenters. The summed E-state index contributed by atoms with van der Waals surface area (Å²) >= 11 is 6.09. The minimum Gasteiger partial charge on any atom is -0.489 e. The van der Waals surface area contributed by atoms with Crippen LogP contribution in [0.15, 0.2) is 42.5 Å². The summed E-state index contributed by atoms with van der Waals surface area (Å²) < 4.78 is 5.82. The molecule has 0 saturated heterocycles. The number of benzene rings is 2. The van der Waals surface area contributed by atoms with Crippen LogP contribution in [0.4, 0.5) is 0 Å². The average molecular weight is 276 g/mol. The van der Waals surface area contributed by atoms with Gasteiger partial charge < -0.3 is 10.5 Å². The summed E-state index contributed by atoms with van der Waals surface area (Å²) in [6, 6.07) is 13.8. The zero-order chi connectivity index (χ0) is 13.7. The molecule has 2 N–H and O–H groups in total. The second-order valence-electron chi connectivity index (χ2n) is 4.37. The van der Waals surface area contributed by atoms with E-state index in [0.29, 0.717) is 13.2 Å². The largest absolute Gasteiger partial charge is 0.489 e. The van der Waals surface area contributed by atoms with Gasteiger partial charge in [0.25, 0.3) is 0 Å². The van der Waals surface area contributed by atoms with Crippen LogP contribution in [0.5, 0.6) is 5.75 Å². The number of halogens is 1. The summed E-state index contributed by atoms with van der Waals surface area (Å²) in [6.07, 6.45) is 0.898. The molecule has 0 amide bonds. The molecule has 0 aliphatic carbocycles. The van der Waals surface area contributed by atoms with Crippen LogP contribution in [0.3, 0.4) is 0 Å². The van der Waals surface area contributed by atoms with Gasteiger partial charge in [0.15, 0.2) is 0 Å². The molecule has 0 aliphatic heterocycles. The lowest BCUT2D eigenvalue weighted by molar-refractivity contribution is 0.304. The van der Waals surface area contributed by atoms with Gasteiger partial charge in [-0.25, -0.2) is 0 Å². The van der Waals surface area contributed by atoms with Crippen molar-refractivity contribution in [3.63, 3.8) is 0 Å². The first-order valence-corrected chi connectivity index (χ1v) is 6.80. The number of aryl methyl sites for hydroxylation is 1. The van der Waals surface area contributed by atoms with Crippen molar-refractivity contribution in [2.24, 2.45) is 5.73 Å². The lowest BCUT2D eigenvalue weighted by Crippen LogP contribution is -2.04. The van der Waals surface area contributed by atoms with Crippen LogP contribution in [0.1, 0.15) is 23.6 Å². The highest BCUT2D eigenvalue weighted by atomic mass is 35.5. The minimum atomic E-state index is 0.526. The van der Waals surface area contributed by atoms with Gasteiger partial charge in [0.2, 0.25) is 0 Å². The molecular weight excluding hydrogens is 258 g/mol. The fraction of sp³-hybridized carbons (Fsp3) is 0.250. The van der Waals surface area contributed by atoms with Gasteiger partial charge in [0.05, 0.1) is 0 Å². The van der Waals surface area contributed by atoms with E-state index in [1.54, 1.807) is 0 Å². The van der Waals surface area contributed by atoms with Crippen molar-refractivity contribution in [1.29, 1.82) is 0 Å². The van der Waals surface area contributed by atoms with Crippen LogP contribution in [-0.4, -0.2) is 0 Å². The topological polar surface area (TPSA) is 35.2 Å². The maximum absolute atomic E-state index is 6.09. The lowest BCUT2D eigenvalue weighted by Gasteiger charge is -2.11. The maximum Gasteiger partial charge on any atom is 0.120 e. The van der Waals surface area contributed by atoms with Gasteiger partial charge in [0.1, 0.15) is 12.4 Å². The Hall–Kier alpha value is -1.51. The maximum atomic E-state index is 6.09. The van der Waals surface area contributed by atoms with E-state index in [4.69, 9.17) is 22.1 Å². The third-order valence-corrected chi connectivity index (χ3v) is 3.50. The van der Waals surface area contributed by atoms with Crippen molar-refractivity contribution in [1.82, 2.24) is 0 Å². The standard InChI is InChI=1S/C16H18ClNO/c1-2-12-9-15(7-8-16(12)17)19-11-14-6-4-3-5-13(14)10-18/h3-9H,2,10-11,18H2,1H3. The first kappa shape index (κ1) is 13.9. The SMILES string of the molecule is CCc1cc(OCc2ccccc2CN)ccc1Cl. The molecule has 2 nitrogen and oxygen atoms in total. The summed E-state index contributed by atoms with van der Waals surface area (Å²) in [5.74, 6) is 0.841. The van der Waals surface area contributed by atoms with Gasteiger partial charge >= 0.3 is 0 Å². The van der Waals surface area contributed by atoms with Gasteiger partial charge in [-0.15, -0.1) is 0 Å². The van der Waals surface area contributed by atoms with E-state index in [-0.39, 0.29) is 0 Å². The molecule has 19 heavy (non-hydrogen) atoms. The lowest BCUT2D eigenvalue weighted by atomic mass is 10.1. The third-order valence-electron chi connectivity index (χ3n) is 3.13. The van der Waals surface area contributed by atoms with E-state index >= 15 is 0 Å². The van der Waals surface area contributed by atoms with E-state index in [2.05, 4.69) is 6.92 Å². The summed E-state index contributed by atoms with van der Waals surface area (Å²) in [4.78, 5) is 0. The molecule has 0 bridgehead atoms. The Morgan fingerprint density at radius 3 is 2.47 bits per heavy atom. The molecule has 0 spiro atoms. The van der Waals surface area contributed by atoms with E-state index in [1.807, 2.05) is 42.5 Å². The summed E-state index contributed by atoms with van der Waals surface area (Å²) in [6.45, 7) is 3.13. The zero-order valence-electron chi connectivity index (χ0n) is 11.0. The molecule has 0 unspecified atom stereocenters. The van der Waals surface area contributed by atoms with Crippen LogP contribution < -0.4 is 10.5 Å². The Bertz CT molecular complexity index is 554.